The number of hydrogen-bond acceptors (Lipinski definition) is 8. The van der Waals surface area contributed by atoms with Crippen LogP contribution in [0.4, 0.5) is 27.9 Å². The zero-order valence-electron chi connectivity index (χ0n) is 22.9. The van der Waals surface area contributed by atoms with Crippen molar-refractivity contribution in [2.24, 2.45) is 11.8 Å². The quantitative estimate of drug-likeness (QED) is 0.377. The lowest BCUT2D eigenvalue weighted by Crippen LogP contribution is -2.47. The molecule has 4 N–H and O–H groups in total. The molecule has 0 radical (unpaired) electrons. The number of aryl methyl sites for hydroxylation is 1. The van der Waals surface area contributed by atoms with Crippen LogP contribution >= 0.6 is 11.6 Å². The van der Waals surface area contributed by atoms with Gasteiger partial charge in [-0.25, -0.2) is 9.78 Å². The van der Waals surface area contributed by atoms with Crippen LogP contribution in [0, 0.1) is 11.8 Å². The molecular weight excluding hydrogens is 546 g/mol. The van der Waals surface area contributed by atoms with Crippen molar-refractivity contribution in [2.75, 3.05) is 42.2 Å². The zero-order chi connectivity index (χ0) is 28.8. The lowest BCUT2D eigenvalue weighted by Gasteiger charge is -2.31. The average Bonchev–Trinajstić information content (AvgIpc) is 2.98. The Morgan fingerprint density at radius 3 is 2.80 bits per heavy atom. The van der Waals surface area contributed by atoms with E-state index in [9.17, 15) is 14.4 Å². The number of esters is 1. The number of ether oxygens (including phenoxy) is 1. The first-order valence-corrected chi connectivity index (χ1v) is 14.3. The number of aromatic nitrogens is 2. The summed E-state index contributed by atoms with van der Waals surface area (Å²) in [6, 6.07) is 5.50. The number of fused-ring (bicyclic) bond motifs is 6. The number of hydrogen-bond donors (Lipinski definition) is 4. The van der Waals surface area contributed by atoms with Gasteiger partial charge in [-0.1, -0.05) is 23.8 Å². The maximum atomic E-state index is 13.3. The van der Waals surface area contributed by atoms with Gasteiger partial charge in [-0.3, -0.25) is 9.59 Å². The molecule has 1 aromatic heterocycles. The van der Waals surface area contributed by atoms with Crippen LogP contribution in [0.3, 0.4) is 0 Å². The largest absolute Gasteiger partial charge is 0.465 e. The van der Waals surface area contributed by atoms with E-state index in [-0.39, 0.29) is 31.0 Å². The number of nitrogens with zero attached hydrogens (tertiary/aromatic N) is 3. The topological polar surface area (TPSA) is 138 Å². The van der Waals surface area contributed by atoms with Gasteiger partial charge in [0.2, 0.25) is 11.9 Å². The van der Waals surface area contributed by atoms with Gasteiger partial charge in [-0.05, 0) is 74.8 Å². The predicted molar refractivity (Wildman–Crippen MR) is 157 cm³/mol. The highest BCUT2D eigenvalue weighted by Gasteiger charge is 2.28. The molecule has 1 unspecified atom stereocenters. The van der Waals surface area contributed by atoms with Crippen molar-refractivity contribution in [2.45, 2.75) is 39.0 Å². The number of benzene rings is 1. The normalized spacial score (nSPS) is 18.3. The molecule has 1 fully saturated rings. The summed E-state index contributed by atoms with van der Waals surface area (Å²) in [6.45, 7) is 2.67. The molecule has 0 saturated carbocycles. The van der Waals surface area contributed by atoms with Crippen LogP contribution in [0.2, 0.25) is 5.02 Å². The minimum absolute atomic E-state index is 0.0630. The second-order valence-corrected chi connectivity index (χ2v) is 10.7. The van der Waals surface area contributed by atoms with E-state index >= 15 is 0 Å². The van der Waals surface area contributed by atoms with E-state index in [4.69, 9.17) is 16.3 Å². The minimum Gasteiger partial charge on any atom is -0.465 e. The molecule has 216 valence electrons. The summed E-state index contributed by atoms with van der Waals surface area (Å²) in [5.41, 5.74) is 3.63. The zero-order valence-corrected chi connectivity index (χ0v) is 23.7. The molecule has 41 heavy (non-hydrogen) atoms. The van der Waals surface area contributed by atoms with Crippen LogP contribution < -0.4 is 21.3 Å². The molecule has 0 spiro atoms. The Balaban J connectivity index is 1.25. The first-order chi connectivity index (χ1) is 19.9. The summed E-state index contributed by atoms with van der Waals surface area (Å²) >= 11 is 6.38. The second kappa shape index (κ2) is 13.0. The average molecular weight is 580 g/mol. The number of carbonyl (C=O) groups excluding carboxylic acids is 3. The molecule has 3 aliphatic rings. The van der Waals surface area contributed by atoms with E-state index in [2.05, 4.69) is 37.3 Å². The number of urea groups is 1. The van der Waals surface area contributed by atoms with E-state index in [1.54, 1.807) is 18.0 Å². The first kappa shape index (κ1) is 28.4. The summed E-state index contributed by atoms with van der Waals surface area (Å²) in [7, 11) is 0. The SMILES string of the molecule is CCOC(=O)CNC(=O)N1CCC(C(=O)Nc2ccc3cc2CCC2C=CC=C(C2)Nc2ncc(Cl)c(n2)N3)CC1. The Hall–Kier alpha value is -4.12. The Morgan fingerprint density at radius 1 is 1.17 bits per heavy atom. The van der Waals surface area contributed by atoms with Gasteiger partial charge in [-0.15, -0.1) is 0 Å². The van der Waals surface area contributed by atoms with Crippen molar-refractivity contribution in [1.82, 2.24) is 20.2 Å². The number of anilines is 4. The molecule has 3 heterocycles. The summed E-state index contributed by atoms with van der Waals surface area (Å²) in [5, 5.41) is 12.7. The second-order valence-electron chi connectivity index (χ2n) is 10.3. The van der Waals surface area contributed by atoms with Gasteiger partial charge in [0.15, 0.2) is 5.82 Å². The van der Waals surface area contributed by atoms with Crippen LogP contribution in [0.1, 0.15) is 38.2 Å². The summed E-state index contributed by atoms with van der Waals surface area (Å²) in [6.07, 6.45) is 11.4. The van der Waals surface area contributed by atoms with E-state index in [1.807, 2.05) is 30.4 Å². The van der Waals surface area contributed by atoms with Crippen LogP contribution in [0.15, 0.2) is 48.3 Å². The predicted octanol–water partition coefficient (Wildman–Crippen LogP) is 4.61. The van der Waals surface area contributed by atoms with Crippen molar-refractivity contribution >= 4 is 52.6 Å². The summed E-state index contributed by atoms with van der Waals surface area (Å²) in [5.74, 6) is 0.539. The van der Waals surface area contributed by atoms with Gasteiger partial charge in [0.05, 0.1) is 12.8 Å². The third kappa shape index (κ3) is 7.35. The smallest absolute Gasteiger partial charge is 0.325 e. The number of amides is 3. The molecule has 1 aliphatic carbocycles. The van der Waals surface area contributed by atoms with Gasteiger partial charge in [0, 0.05) is 36.1 Å². The van der Waals surface area contributed by atoms with E-state index in [0.717, 1.165) is 41.9 Å². The minimum atomic E-state index is -0.474. The highest BCUT2D eigenvalue weighted by atomic mass is 35.5. The van der Waals surface area contributed by atoms with Crippen LogP contribution in [-0.2, 0) is 20.7 Å². The molecule has 12 heteroatoms. The number of piperidine rings is 1. The summed E-state index contributed by atoms with van der Waals surface area (Å²) < 4.78 is 4.85. The Bertz CT molecular complexity index is 1370. The third-order valence-corrected chi connectivity index (χ3v) is 7.71. The molecule has 1 aromatic carbocycles. The number of halogens is 1. The molecule has 2 aromatic rings. The van der Waals surface area contributed by atoms with Gasteiger partial charge < -0.3 is 30.9 Å². The highest BCUT2D eigenvalue weighted by molar-refractivity contribution is 6.32. The number of nitrogens with one attached hydrogen (secondary N) is 4. The number of rotatable bonds is 5. The molecule has 3 amide bonds. The lowest BCUT2D eigenvalue weighted by atomic mass is 9.91. The van der Waals surface area contributed by atoms with Crippen molar-refractivity contribution in [3.05, 3.63) is 58.9 Å². The number of likely N-dealkylation sites (tertiary alicyclic amines) is 1. The number of carbonyl (C=O) groups is 3. The summed E-state index contributed by atoms with van der Waals surface area (Å²) in [4.78, 5) is 47.7. The molecule has 1 atom stereocenters. The van der Waals surface area contributed by atoms with Crippen molar-refractivity contribution in [1.29, 1.82) is 0 Å². The monoisotopic (exact) mass is 579 g/mol. The molecular formula is C29H34ClN7O4. The van der Waals surface area contributed by atoms with Crippen molar-refractivity contribution < 1.29 is 19.1 Å². The van der Waals surface area contributed by atoms with Gasteiger partial charge >= 0.3 is 12.0 Å². The van der Waals surface area contributed by atoms with E-state index in [1.165, 1.54) is 0 Å². The maximum absolute atomic E-state index is 13.3. The van der Waals surface area contributed by atoms with Crippen LogP contribution in [0.5, 0.6) is 0 Å². The Morgan fingerprint density at radius 2 is 2.00 bits per heavy atom. The van der Waals surface area contributed by atoms with E-state index < -0.39 is 5.97 Å². The van der Waals surface area contributed by atoms with Crippen LogP contribution in [0.25, 0.3) is 0 Å². The fourth-order valence-corrected chi connectivity index (χ4v) is 5.36. The van der Waals surface area contributed by atoms with Gasteiger partial charge in [0.1, 0.15) is 11.6 Å². The standard InChI is InChI=1S/C29H34ClN7O4/c1-2-41-25(38)17-32-29(40)37-12-10-19(11-13-37)27(39)35-24-9-8-22-15-20(24)7-6-18-4-3-5-21(14-18)34-28-31-16-23(30)26(33-22)36-28/h3-5,8-9,15-16,18-19H,2,6-7,10-14,17H2,1H3,(H,32,40)(H,35,39)(H2,31,33,34,36). The maximum Gasteiger partial charge on any atom is 0.325 e. The molecule has 2 aliphatic heterocycles. The first-order valence-electron chi connectivity index (χ1n) is 13.9. The molecule has 11 nitrogen and oxygen atoms in total. The van der Waals surface area contributed by atoms with Gasteiger partial charge in [-0.2, -0.15) is 4.98 Å². The Labute approximate surface area is 243 Å². The van der Waals surface area contributed by atoms with Crippen LogP contribution in [-0.4, -0.2) is 59.0 Å². The lowest BCUT2D eigenvalue weighted by molar-refractivity contribution is -0.141. The number of allylic oxidation sites excluding steroid dienone is 4. The van der Waals surface area contributed by atoms with E-state index in [0.29, 0.717) is 48.6 Å². The molecule has 6 bridgehead atoms. The third-order valence-electron chi connectivity index (χ3n) is 7.43. The van der Waals surface area contributed by atoms with Gasteiger partial charge in [0.25, 0.3) is 0 Å². The molecule has 5 rings (SSSR count). The fraction of sp³-hybridized carbons (Fsp3) is 0.414. The highest BCUT2D eigenvalue weighted by Crippen LogP contribution is 2.32. The Kier molecular flexibility index (Phi) is 9.03. The fourth-order valence-electron chi connectivity index (χ4n) is 5.23. The van der Waals surface area contributed by atoms with Crippen molar-refractivity contribution in [3.63, 3.8) is 0 Å². The molecule has 1 saturated heterocycles. The van der Waals surface area contributed by atoms with Crippen molar-refractivity contribution in [3.8, 4) is 0 Å².